The summed E-state index contributed by atoms with van der Waals surface area (Å²) in [6, 6.07) is 0. The van der Waals surface area contributed by atoms with E-state index < -0.39 is 0 Å². The molecule has 0 unspecified atom stereocenters. The molecule has 1 aliphatic rings. The number of hydrogen-bond acceptors (Lipinski definition) is 4. The average molecular weight is 194 g/mol. The van der Waals surface area contributed by atoms with Gasteiger partial charge in [0, 0.05) is 25.9 Å². The van der Waals surface area contributed by atoms with Crippen LogP contribution in [0.25, 0.3) is 0 Å². The van der Waals surface area contributed by atoms with Gasteiger partial charge in [0.05, 0.1) is 0 Å². The molecular weight excluding hydrogens is 180 g/mol. The predicted octanol–water partition coefficient (Wildman–Crippen LogP) is 1.46. The number of aromatic nitrogens is 1. The standard InChI is InChI=1S/C10H14N2O2/c1-7-10(8(2)14-11-7)12-5-3-9(13)4-6-12/h3-6H2,1-2H3. The van der Waals surface area contributed by atoms with Crippen molar-refractivity contribution in [1.29, 1.82) is 0 Å². The fourth-order valence-electron chi connectivity index (χ4n) is 1.91. The van der Waals surface area contributed by atoms with Gasteiger partial charge in [-0.2, -0.15) is 0 Å². The minimum absolute atomic E-state index is 0.355. The van der Waals surface area contributed by atoms with Crippen LogP contribution in [0.3, 0.4) is 0 Å². The molecule has 4 heteroatoms. The quantitative estimate of drug-likeness (QED) is 0.679. The normalized spacial score (nSPS) is 17.6. The summed E-state index contributed by atoms with van der Waals surface area (Å²) in [4.78, 5) is 13.3. The molecule has 0 aliphatic carbocycles. The van der Waals surface area contributed by atoms with Crippen molar-refractivity contribution in [1.82, 2.24) is 5.16 Å². The van der Waals surface area contributed by atoms with Crippen LogP contribution >= 0.6 is 0 Å². The first-order chi connectivity index (χ1) is 6.68. The second kappa shape index (κ2) is 3.44. The smallest absolute Gasteiger partial charge is 0.157 e. The molecule has 0 spiro atoms. The summed E-state index contributed by atoms with van der Waals surface area (Å²) in [6.07, 6.45) is 1.29. The molecule has 1 fully saturated rings. The molecular formula is C10H14N2O2. The zero-order valence-corrected chi connectivity index (χ0v) is 8.54. The molecule has 0 saturated carbocycles. The third kappa shape index (κ3) is 1.52. The molecule has 0 aromatic carbocycles. The van der Waals surface area contributed by atoms with Gasteiger partial charge in [-0.25, -0.2) is 0 Å². The second-order valence-electron chi connectivity index (χ2n) is 3.70. The van der Waals surface area contributed by atoms with Gasteiger partial charge in [0.2, 0.25) is 0 Å². The fourth-order valence-corrected chi connectivity index (χ4v) is 1.91. The number of aryl methyl sites for hydroxylation is 2. The number of anilines is 1. The summed E-state index contributed by atoms with van der Waals surface area (Å²) in [5, 5.41) is 3.91. The number of carbonyl (C=O) groups excluding carboxylic acids is 1. The highest BCUT2D eigenvalue weighted by Crippen LogP contribution is 2.26. The van der Waals surface area contributed by atoms with Crippen LogP contribution < -0.4 is 4.90 Å². The van der Waals surface area contributed by atoms with E-state index in [2.05, 4.69) is 10.1 Å². The molecule has 0 atom stereocenters. The van der Waals surface area contributed by atoms with Gasteiger partial charge < -0.3 is 9.42 Å². The van der Waals surface area contributed by atoms with E-state index in [1.54, 1.807) is 0 Å². The summed E-state index contributed by atoms with van der Waals surface area (Å²) in [5.74, 6) is 1.20. The van der Waals surface area contributed by atoms with E-state index in [0.717, 1.165) is 30.2 Å². The van der Waals surface area contributed by atoms with E-state index >= 15 is 0 Å². The van der Waals surface area contributed by atoms with Crippen molar-refractivity contribution in [2.45, 2.75) is 26.7 Å². The number of piperidine rings is 1. The summed E-state index contributed by atoms with van der Waals surface area (Å²) < 4.78 is 5.10. The van der Waals surface area contributed by atoms with Gasteiger partial charge in [-0.3, -0.25) is 4.79 Å². The van der Waals surface area contributed by atoms with E-state index in [9.17, 15) is 4.79 Å². The van der Waals surface area contributed by atoms with Crippen LogP contribution in [-0.4, -0.2) is 24.0 Å². The molecule has 1 saturated heterocycles. The lowest BCUT2D eigenvalue weighted by molar-refractivity contribution is -0.119. The van der Waals surface area contributed by atoms with Crippen molar-refractivity contribution in [2.24, 2.45) is 0 Å². The highest BCUT2D eigenvalue weighted by atomic mass is 16.5. The van der Waals surface area contributed by atoms with E-state index in [4.69, 9.17) is 4.52 Å². The van der Waals surface area contributed by atoms with E-state index in [1.165, 1.54) is 0 Å². The van der Waals surface area contributed by atoms with Crippen LogP contribution in [0.1, 0.15) is 24.3 Å². The summed E-state index contributed by atoms with van der Waals surface area (Å²) >= 11 is 0. The zero-order chi connectivity index (χ0) is 10.1. The Bertz CT molecular complexity index is 328. The molecule has 2 heterocycles. The van der Waals surface area contributed by atoms with Crippen LogP contribution in [0, 0.1) is 13.8 Å². The van der Waals surface area contributed by atoms with Gasteiger partial charge >= 0.3 is 0 Å². The maximum absolute atomic E-state index is 11.1. The van der Waals surface area contributed by atoms with Gasteiger partial charge in [-0.05, 0) is 13.8 Å². The molecule has 14 heavy (non-hydrogen) atoms. The first kappa shape index (κ1) is 9.24. The van der Waals surface area contributed by atoms with E-state index in [0.29, 0.717) is 18.6 Å². The molecule has 1 aliphatic heterocycles. The highest BCUT2D eigenvalue weighted by molar-refractivity contribution is 5.81. The highest BCUT2D eigenvalue weighted by Gasteiger charge is 2.21. The van der Waals surface area contributed by atoms with Crippen LogP contribution in [0.15, 0.2) is 4.52 Å². The van der Waals surface area contributed by atoms with Crippen molar-refractivity contribution in [3.63, 3.8) is 0 Å². The molecule has 1 aromatic heterocycles. The van der Waals surface area contributed by atoms with Crippen LogP contribution in [0.5, 0.6) is 0 Å². The Hall–Kier alpha value is -1.32. The number of ketones is 1. The van der Waals surface area contributed by atoms with Gasteiger partial charge in [0.1, 0.15) is 17.2 Å². The van der Waals surface area contributed by atoms with Crippen LogP contribution in [-0.2, 0) is 4.79 Å². The lowest BCUT2D eigenvalue weighted by atomic mass is 10.1. The fraction of sp³-hybridized carbons (Fsp3) is 0.600. The Labute approximate surface area is 82.9 Å². The summed E-state index contributed by atoms with van der Waals surface area (Å²) in [7, 11) is 0. The zero-order valence-electron chi connectivity index (χ0n) is 8.54. The minimum atomic E-state index is 0.355. The van der Waals surface area contributed by atoms with E-state index in [-0.39, 0.29) is 0 Å². The van der Waals surface area contributed by atoms with Gasteiger partial charge in [0.15, 0.2) is 5.76 Å². The molecule has 0 bridgehead atoms. The molecule has 76 valence electrons. The molecule has 1 aromatic rings. The van der Waals surface area contributed by atoms with Crippen molar-refractivity contribution in [3.05, 3.63) is 11.5 Å². The van der Waals surface area contributed by atoms with E-state index in [1.807, 2.05) is 13.8 Å². The predicted molar refractivity (Wildman–Crippen MR) is 52.4 cm³/mol. The number of Topliss-reactive ketones (excluding diaryl/α,β-unsaturated/α-hetero) is 1. The molecule has 0 amide bonds. The van der Waals surface area contributed by atoms with Crippen molar-refractivity contribution >= 4 is 11.5 Å². The monoisotopic (exact) mass is 194 g/mol. The largest absolute Gasteiger partial charge is 0.366 e. The number of carbonyl (C=O) groups is 1. The summed E-state index contributed by atoms with van der Waals surface area (Å²) in [6.45, 7) is 5.43. The molecule has 0 N–H and O–H groups in total. The summed E-state index contributed by atoms with van der Waals surface area (Å²) in [5.41, 5.74) is 1.98. The maximum atomic E-state index is 11.1. The van der Waals surface area contributed by atoms with Crippen molar-refractivity contribution in [2.75, 3.05) is 18.0 Å². The number of rotatable bonds is 1. The second-order valence-corrected chi connectivity index (χ2v) is 3.70. The molecule has 0 radical (unpaired) electrons. The molecule has 2 rings (SSSR count). The Balaban J connectivity index is 2.19. The first-order valence-electron chi connectivity index (χ1n) is 4.88. The minimum Gasteiger partial charge on any atom is -0.366 e. The Morgan fingerprint density at radius 1 is 1.29 bits per heavy atom. The van der Waals surface area contributed by atoms with Gasteiger partial charge in [-0.15, -0.1) is 0 Å². The molecule has 4 nitrogen and oxygen atoms in total. The van der Waals surface area contributed by atoms with Crippen LogP contribution in [0.2, 0.25) is 0 Å². The van der Waals surface area contributed by atoms with Crippen molar-refractivity contribution in [3.8, 4) is 0 Å². The lowest BCUT2D eigenvalue weighted by Gasteiger charge is -2.27. The Morgan fingerprint density at radius 3 is 2.43 bits per heavy atom. The third-order valence-electron chi connectivity index (χ3n) is 2.63. The number of hydrogen-bond donors (Lipinski definition) is 0. The van der Waals surface area contributed by atoms with Gasteiger partial charge in [-0.1, -0.05) is 5.16 Å². The van der Waals surface area contributed by atoms with Gasteiger partial charge in [0.25, 0.3) is 0 Å². The van der Waals surface area contributed by atoms with Crippen LogP contribution in [0.4, 0.5) is 5.69 Å². The average Bonchev–Trinajstić information content (AvgIpc) is 2.49. The maximum Gasteiger partial charge on any atom is 0.157 e. The van der Waals surface area contributed by atoms with Crippen molar-refractivity contribution < 1.29 is 9.32 Å². The lowest BCUT2D eigenvalue weighted by Crippen LogP contribution is -2.34. The topological polar surface area (TPSA) is 46.3 Å². The Morgan fingerprint density at radius 2 is 1.93 bits per heavy atom. The third-order valence-corrected chi connectivity index (χ3v) is 2.63. The Kier molecular flexibility index (Phi) is 2.27. The SMILES string of the molecule is Cc1noc(C)c1N1CCC(=O)CC1. The first-order valence-corrected chi connectivity index (χ1v) is 4.88. The number of nitrogens with zero attached hydrogens (tertiary/aromatic N) is 2.